The number of aromatic nitrogens is 2. The summed E-state index contributed by atoms with van der Waals surface area (Å²) in [6, 6.07) is 7.73. The molecule has 0 aliphatic rings. The summed E-state index contributed by atoms with van der Waals surface area (Å²) >= 11 is 1.50. The van der Waals surface area contributed by atoms with Gasteiger partial charge in [0, 0.05) is 18.0 Å². The first-order valence-electron chi connectivity index (χ1n) is 5.87. The molecule has 0 saturated carbocycles. The molecule has 1 atom stereocenters. The van der Waals surface area contributed by atoms with Crippen LogP contribution in [0, 0.1) is 0 Å². The Morgan fingerprint density at radius 1 is 1.26 bits per heavy atom. The molecule has 0 fully saturated rings. The number of hydrogen-bond acceptors (Lipinski definition) is 4. The average Bonchev–Trinajstić information content (AvgIpc) is 2.46. The van der Waals surface area contributed by atoms with E-state index in [-0.39, 0.29) is 11.8 Å². The van der Waals surface area contributed by atoms with E-state index in [1.807, 2.05) is 30.5 Å². The van der Waals surface area contributed by atoms with Crippen molar-refractivity contribution in [3.8, 4) is 11.1 Å². The minimum Gasteiger partial charge on any atom is -0.369 e. The highest BCUT2D eigenvalue weighted by Gasteiger charge is 2.12. The predicted molar refractivity (Wildman–Crippen MR) is 76.9 cm³/mol. The van der Waals surface area contributed by atoms with Gasteiger partial charge in [-0.25, -0.2) is 9.97 Å². The minimum absolute atomic E-state index is 0.300. The first-order chi connectivity index (χ1) is 9.11. The fraction of sp³-hybridized carbons (Fsp3) is 0.214. The fourth-order valence-electron chi connectivity index (χ4n) is 1.72. The molecule has 19 heavy (non-hydrogen) atoms. The van der Waals surface area contributed by atoms with Crippen LogP contribution in [0.25, 0.3) is 11.1 Å². The molecule has 2 N–H and O–H groups in total. The lowest BCUT2D eigenvalue weighted by Crippen LogP contribution is -2.18. The summed E-state index contributed by atoms with van der Waals surface area (Å²) in [6.45, 7) is 1.80. The van der Waals surface area contributed by atoms with Gasteiger partial charge < -0.3 is 5.73 Å². The first-order valence-corrected chi connectivity index (χ1v) is 7.10. The van der Waals surface area contributed by atoms with Crippen LogP contribution in [0.15, 0.2) is 41.8 Å². The van der Waals surface area contributed by atoms with Crippen LogP contribution in [-0.4, -0.2) is 22.1 Å². The molecule has 2 aromatic rings. The largest absolute Gasteiger partial charge is 0.369 e. The second-order valence-corrected chi connectivity index (χ2v) is 4.98. The standard InChI is InChI=1S/C14H15N3OS/c1-9(13(15)18)10-4-3-5-11(6-10)12-7-16-14(19-2)17-8-12/h3-9H,1-2H3,(H2,15,18). The lowest BCUT2D eigenvalue weighted by Gasteiger charge is -2.09. The summed E-state index contributed by atoms with van der Waals surface area (Å²) in [5, 5.41) is 0.741. The third-order valence-electron chi connectivity index (χ3n) is 2.96. The Bertz CT molecular complexity index is 583. The normalized spacial score (nSPS) is 12.1. The minimum atomic E-state index is -0.328. The molecular formula is C14H15N3OS. The molecular weight excluding hydrogens is 258 g/mol. The van der Waals surface area contributed by atoms with E-state index < -0.39 is 0 Å². The van der Waals surface area contributed by atoms with Crippen LogP contribution in [0.5, 0.6) is 0 Å². The van der Waals surface area contributed by atoms with Crippen molar-refractivity contribution in [1.82, 2.24) is 9.97 Å². The molecule has 1 amide bonds. The highest BCUT2D eigenvalue weighted by Crippen LogP contribution is 2.23. The molecule has 0 saturated heterocycles. The first kappa shape index (κ1) is 13.5. The van der Waals surface area contributed by atoms with Gasteiger partial charge in [0.25, 0.3) is 0 Å². The van der Waals surface area contributed by atoms with Crippen molar-refractivity contribution in [3.63, 3.8) is 0 Å². The van der Waals surface area contributed by atoms with Crippen LogP contribution in [0.2, 0.25) is 0 Å². The van der Waals surface area contributed by atoms with Crippen molar-refractivity contribution in [3.05, 3.63) is 42.2 Å². The van der Waals surface area contributed by atoms with Gasteiger partial charge in [0.1, 0.15) is 0 Å². The van der Waals surface area contributed by atoms with E-state index in [2.05, 4.69) is 9.97 Å². The zero-order valence-electron chi connectivity index (χ0n) is 10.8. The summed E-state index contributed by atoms with van der Waals surface area (Å²) in [5.74, 6) is -0.627. The molecule has 2 rings (SSSR count). The van der Waals surface area contributed by atoms with Gasteiger partial charge >= 0.3 is 0 Å². The highest BCUT2D eigenvalue weighted by atomic mass is 32.2. The summed E-state index contributed by atoms with van der Waals surface area (Å²) in [4.78, 5) is 19.7. The van der Waals surface area contributed by atoms with Crippen LogP contribution in [0.3, 0.4) is 0 Å². The van der Waals surface area contributed by atoms with E-state index in [4.69, 9.17) is 5.73 Å². The number of thioether (sulfide) groups is 1. The van der Waals surface area contributed by atoms with E-state index in [0.29, 0.717) is 0 Å². The SMILES string of the molecule is CSc1ncc(-c2cccc(C(C)C(N)=O)c2)cn1. The predicted octanol–water partition coefficient (Wildman–Crippen LogP) is 2.45. The maximum Gasteiger partial charge on any atom is 0.224 e. The van der Waals surface area contributed by atoms with E-state index >= 15 is 0 Å². The Balaban J connectivity index is 2.34. The maximum absolute atomic E-state index is 11.2. The Morgan fingerprint density at radius 2 is 1.95 bits per heavy atom. The molecule has 1 aromatic heterocycles. The van der Waals surface area contributed by atoms with E-state index in [0.717, 1.165) is 21.8 Å². The fourth-order valence-corrected chi connectivity index (χ4v) is 2.04. The summed E-state index contributed by atoms with van der Waals surface area (Å²) in [7, 11) is 0. The number of rotatable bonds is 4. The molecule has 0 bridgehead atoms. The van der Waals surface area contributed by atoms with Gasteiger partial charge in [-0.3, -0.25) is 4.79 Å². The lowest BCUT2D eigenvalue weighted by atomic mass is 9.97. The Kier molecular flexibility index (Phi) is 4.16. The van der Waals surface area contributed by atoms with E-state index in [1.165, 1.54) is 11.8 Å². The number of benzene rings is 1. The molecule has 4 nitrogen and oxygen atoms in total. The van der Waals surface area contributed by atoms with Crippen LogP contribution in [0.1, 0.15) is 18.4 Å². The zero-order valence-corrected chi connectivity index (χ0v) is 11.6. The number of hydrogen-bond donors (Lipinski definition) is 1. The monoisotopic (exact) mass is 273 g/mol. The topological polar surface area (TPSA) is 68.9 Å². The van der Waals surface area contributed by atoms with Gasteiger partial charge in [-0.1, -0.05) is 36.0 Å². The molecule has 1 unspecified atom stereocenters. The third-order valence-corrected chi connectivity index (χ3v) is 3.53. The van der Waals surface area contributed by atoms with Crippen molar-refractivity contribution in [1.29, 1.82) is 0 Å². The van der Waals surface area contributed by atoms with Gasteiger partial charge in [-0.2, -0.15) is 0 Å². The summed E-state index contributed by atoms with van der Waals surface area (Å²) in [5.41, 5.74) is 8.14. The summed E-state index contributed by atoms with van der Waals surface area (Å²) < 4.78 is 0. The smallest absolute Gasteiger partial charge is 0.224 e. The maximum atomic E-state index is 11.2. The van der Waals surface area contributed by atoms with Crippen molar-refractivity contribution in [2.24, 2.45) is 5.73 Å². The van der Waals surface area contributed by atoms with E-state index in [9.17, 15) is 4.79 Å². The third kappa shape index (κ3) is 3.12. The second kappa shape index (κ2) is 5.84. The molecule has 0 radical (unpaired) electrons. The quantitative estimate of drug-likeness (QED) is 0.686. The van der Waals surface area contributed by atoms with Gasteiger partial charge in [-0.05, 0) is 24.3 Å². The van der Waals surface area contributed by atoms with Crippen LogP contribution in [0.4, 0.5) is 0 Å². The van der Waals surface area contributed by atoms with Crippen LogP contribution < -0.4 is 5.73 Å². The number of nitrogens with two attached hydrogens (primary N) is 1. The molecule has 1 heterocycles. The van der Waals surface area contributed by atoms with Gasteiger partial charge in [0.15, 0.2) is 5.16 Å². The molecule has 98 valence electrons. The Hall–Kier alpha value is -1.88. The average molecular weight is 273 g/mol. The van der Waals surface area contributed by atoms with Gasteiger partial charge in [0.05, 0.1) is 5.92 Å². The van der Waals surface area contributed by atoms with E-state index in [1.54, 1.807) is 19.3 Å². The molecule has 5 heteroatoms. The lowest BCUT2D eigenvalue weighted by molar-refractivity contribution is -0.119. The highest BCUT2D eigenvalue weighted by molar-refractivity contribution is 7.98. The van der Waals surface area contributed by atoms with Crippen molar-refractivity contribution < 1.29 is 4.79 Å². The van der Waals surface area contributed by atoms with Gasteiger partial charge in [-0.15, -0.1) is 0 Å². The number of carbonyl (C=O) groups excluding carboxylic acids is 1. The Labute approximate surface area is 116 Å². The number of primary amides is 1. The number of amides is 1. The number of carbonyl (C=O) groups is 1. The molecule has 1 aromatic carbocycles. The van der Waals surface area contributed by atoms with Gasteiger partial charge in [0.2, 0.25) is 5.91 Å². The molecule has 0 spiro atoms. The summed E-state index contributed by atoms with van der Waals surface area (Å²) in [6.07, 6.45) is 5.50. The van der Waals surface area contributed by atoms with Crippen molar-refractivity contribution in [2.75, 3.05) is 6.26 Å². The molecule has 0 aliphatic heterocycles. The molecule has 0 aliphatic carbocycles. The Morgan fingerprint density at radius 3 is 2.53 bits per heavy atom. The van der Waals surface area contributed by atoms with Crippen LogP contribution >= 0.6 is 11.8 Å². The van der Waals surface area contributed by atoms with Crippen molar-refractivity contribution in [2.45, 2.75) is 18.0 Å². The second-order valence-electron chi connectivity index (χ2n) is 4.21. The zero-order chi connectivity index (χ0) is 13.8. The number of nitrogens with zero attached hydrogens (tertiary/aromatic N) is 2. The van der Waals surface area contributed by atoms with Crippen LogP contribution in [-0.2, 0) is 4.79 Å². The van der Waals surface area contributed by atoms with Crippen molar-refractivity contribution >= 4 is 17.7 Å².